The molecule has 4 aromatic rings. The Hall–Kier alpha value is -3.71. The number of hydrogen-bond acceptors (Lipinski definition) is 4. The second-order valence-corrected chi connectivity index (χ2v) is 9.81. The molecule has 0 amide bonds. The van der Waals surface area contributed by atoms with Crippen molar-refractivity contribution in [3.63, 3.8) is 0 Å². The van der Waals surface area contributed by atoms with Gasteiger partial charge in [-0.05, 0) is 54.6 Å². The second kappa shape index (κ2) is 8.99. The first kappa shape index (κ1) is 26.4. The molecule has 0 fully saturated rings. The van der Waals surface area contributed by atoms with Crippen molar-refractivity contribution in [1.82, 2.24) is 4.98 Å². The molecule has 0 bridgehead atoms. The number of halogens is 7. The van der Waals surface area contributed by atoms with Gasteiger partial charge < -0.3 is 10.1 Å². The first-order valence-corrected chi connectivity index (χ1v) is 11.9. The number of phenols is 1. The van der Waals surface area contributed by atoms with Crippen LogP contribution in [0.25, 0.3) is 22.0 Å². The number of sulfonamides is 1. The van der Waals surface area contributed by atoms with Gasteiger partial charge in [0.1, 0.15) is 11.4 Å². The summed E-state index contributed by atoms with van der Waals surface area (Å²) >= 11 is 6.19. The molecule has 0 aliphatic heterocycles. The first-order chi connectivity index (χ1) is 17.1. The molecule has 1 aromatic heterocycles. The van der Waals surface area contributed by atoms with Crippen molar-refractivity contribution in [3.05, 3.63) is 87.2 Å². The molecule has 1 heterocycles. The van der Waals surface area contributed by atoms with E-state index in [1.807, 2.05) is 4.72 Å². The van der Waals surface area contributed by atoms with Crippen molar-refractivity contribution in [2.45, 2.75) is 17.2 Å². The molecule has 0 atom stereocenters. The quantitative estimate of drug-likeness (QED) is 0.251. The van der Waals surface area contributed by atoms with Crippen LogP contribution in [0.4, 0.5) is 32.0 Å². The fourth-order valence-corrected chi connectivity index (χ4v) is 4.94. The van der Waals surface area contributed by atoms with Crippen LogP contribution in [0.5, 0.6) is 5.75 Å². The predicted octanol–water partition coefficient (Wildman–Crippen LogP) is 6.39. The maximum absolute atomic E-state index is 13.5. The lowest BCUT2D eigenvalue weighted by Gasteiger charge is -2.18. The third-order valence-corrected chi connectivity index (χ3v) is 6.99. The van der Waals surface area contributed by atoms with E-state index in [2.05, 4.69) is 4.98 Å². The standard InChI is InChI=1S/C23H13ClF6N2O4S/c24-15-2-1-3-17(33)19(15)18-14-10-12(23(28,29)30)6-9-16(14)31-21(34)20(18)32-37(35,36)13-7-4-11(5-8-13)22(25,26)27/h1-10,32-33H,(H,31,34). The predicted molar refractivity (Wildman–Crippen MR) is 124 cm³/mol. The molecule has 0 saturated carbocycles. The van der Waals surface area contributed by atoms with E-state index in [-0.39, 0.29) is 21.5 Å². The van der Waals surface area contributed by atoms with Crippen molar-refractivity contribution in [2.24, 2.45) is 0 Å². The summed E-state index contributed by atoms with van der Waals surface area (Å²) in [6, 6.07) is 8.28. The minimum Gasteiger partial charge on any atom is -0.507 e. The molecule has 37 heavy (non-hydrogen) atoms. The number of fused-ring (bicyclic) bond motifs is 1. The van der Waals surface area contributed by atoms with Crippen molar-refractivity contribution in [2.75, 3.05) is 4.72 Å². The summed E-state index contributed by atoms with van der Waals surface area (Å²) in [5.41, 5.74) is -5.14. The smallest absolute Gasteiger partial charge is 0.416 e. The monoisotopic (exact) mass is 562 g/mol. The summed E-state index contributed by atoms with van der Waals surface area (Å²) in [4.78, 5) is 14.5. The number of pyridine rings is 1. The highest BCUT2D eigenvalue weighted by Crippen LogP contribution is 2.44. The molecule has 0 aliphatic carbocycles. The maximum atomic E-state index is 13.5. The second-order valence-electron chi connectivity index (χ2n) is 7.72. The molecular weight excluding hydrogens is 550 g/mol. The molecule has 0 unspecified atom stereocenters. The van der Waals surface area contributed by atoms with Crippen molar-refractivity contribution in [3.8, 4) is 16.9 Å². The summed E-state index contributed by atoms with van der Waals surface area (Å²) in [6.45, 7) is 0. The zero-order valence-electron chi connectivity index (χ0n) is 18.0. The van der Waals surface area contributed by atoms with E-state index >= 15 is 0 Å². The largest absolute Gasteiger partial charge is 0.507 e. The lowest BCUT2D eigenvalue weighted by Crippen LogP contribution is -2.22. The zero-order valence-corrected chi connectivity index (χ0v) is 19.6. The van der Waals surface area contributed by atoms with E-state index < -0.39 is 61.0 Å². The van der Waals surface area contributed by atoms with Crippen LogP contribution in [0.3, 0.4) is 0 Å². The molecule has 0 radical (unpaired) electrons. The zero-order chi connectivity index (χ0) is 27.3. The molecular formula is C23H13ClF6N2O4S. The summed E-state index contributed by atoms with van der Waals surface area (Å²) < 4.78 is 107. The minimum absolute atomic E-state index is 0.134. The number of H-pyrrole nitrogens is 1. The lowest BCUT2D eigenvalue weighted by atomic mass is 9.97. The molecule has 3 N–H and O–H groups in total. The number of benzene rings is 3. The van der Waals surface area contributed by atoms with Crippen LogP contribution in [0.1, 0.15) is 11.1 Å². The van der Waals surface area contributed by atoms with Gasteiger partial charge in [-0.15, -0.1) is 0 Å². The van der Waals surface area contributed by atoms with Crippen molar-refractivity contribution in [1.29, 1.82) is 0 Å². The number of phenolic OH excluding ortho intramolecular Hbond substituents is 1. The summed E-state index contributed by atoms with van der Waals surface area (Å²) in [5, 5.41) is 9.93. The van der Waals surface area contributed by atoms with Crippen LogP contribution in [-0.2, 0) is 22.4 Å². The molecule has 6 nitrogen and oxygen atoms in total. The highest BCUT2D eigenvalue weighted by molar-refractivity contribution is 7.92. The Balaban J connectivity index is 2.00. The Labute approximate surface area is 209 Å². The Bertz CT molecular complexity index is 1660. The first-order valence-electron chi connectivity index (χ1n) is 10.0. The van der Waals surface area contributed by atoms with Gasteiger partial charge in [0.2, 0.25) is 0 Å². The highest BCUT2D eigenvalue weighted by Gasteiger charge is 2.33. The van der Waals surface area contributed by atoms with Gasteiger partial charge >= 0.3 is 12.4 Å². The lowest BCUT2D eigenvalue weighted by molar-refractivity contribution is -0.138. The average molecular weight is 563 g/mol. The molecule has 3 aromatic carbocycles. The molecule has 0 aliphatic rings. The number of rotatable bonds is 4. The maximum Gasteiger partial charge on any atom is 0.416 e. The number of nitrogens with one attached hydrogen (secondary N) is 2. The van der Waals surface area contributed by atoms with Gasteiger partial charge in [0, 0.05) is 22.0 Å². The minimum atomic E-state index is -4.82. The van der Waals surface area contributed by atoms with Crippen LogP contribution in [0.2, 0.25) is 5.02 Å². The SMILES string of the molecule is O=c1[nH]c2ccc(C(F)(F)F)cc2c(-c2c(O)cccc2Cl)c1NS(=O)(=O)c1ccc(C(F)(F)F)cc1. The molecule has 4 rings (SSSR count). The third kappa shape index (κ3) is 5.09. The average Bonchev–Trinajstić information content (AvgIpc) is 2.79. The normalized spacial score (nSPS) is 12.6. The number of aromatic amines is 1. The van der Waals surface area contributed by atoms with Gasteiger partial charge in [-0.3, -0.25) is 9.52 Å². The Morgan fingerprint density at radius 1 is 0.838 bits per heavy atom. The number of aromatic hydroxyl groups is 1. The van der Waals surface area contributed by atoms with Crippen LogP contribution in [-0.4, -0.2) is 18.5 Å². The van der Waals surface area contributed by atoms with Crippen molar-refractivity contribution < 1.29 is 39.9 Å². The van der Waals surface area contributed by atoms with Gasteiger partial charge in [0.25, 0.3) is 15.6 Å². The summed E-state index contributed by atoms with van der Waals surface area (Å²) in [5.74, 6) is -0.577. The fraction of sp³-hybridized carbons (Fsp3) is 0.0870. The summed E-state index contributed by atoms with van der Waals surface area (Å²) in [7, 11) is -4.75. The number of hydrogen-bond donors (Lipinski definition) is 3. The van der Waals surface area contributed by atoms with Gasteiger partial charge in [-0.2, -0.15) is 26.3 Å². The third-order valence-electron chi connectivity index (χ3n) is 5.31. The number of aromatic nitrogens is 1. The van der Waals surface area contributed by atoms with Crippen LogP contribution >= 0.6 is 11.6 Å². The van der Waals surface area contributed by atoms with Crippen LogP contribution in [0, 0.1) is 0 Å². The summed E-state index contributed by atoms with van der Waals surface area (Å²) in [6.07, 6.45) is -9.56. The van der Waals surface area contributed by atoms with Gasteiger partial charge in [-0.25, -0.2) is 8.42 Å². The van der Waals surface area contributed by atoms with Gasteiger partial charge in [0.05, 0.1) is 21.0 Å². The van der Waals surface area contributed by atoms with Crippen LogP contribution in [0.15, 0.2) is 70.4 Å². The highest BCUT2D eigenvalue weighted by atomic mass is 35.5. The Morgan fingerprint density at radius 3 is 2.00 bits per heavy atom. The van der Waals surface area contributed by atoms with Crippen molar-refractivity contribution >= 4 is 38.2 Å². The molecule has 194 valence electrons. The number of alkyl halides is 6. The van der Waals surface area contributed by atoms with E-state index in [4.69, 9.17) is 11.6 Å². The Kier molecular flexibility index (Phi) is 6.41. The number of anilines is 1. The van der Waals surface area contributed by atoms with E-state index in [0.29, 0.717) is 36.4 Å². The molecule has 14 heteroatoms. The van der Waals surface area contributed by atoms with E-state index in [1.165, 1.54) is 12.1 Å². The fourth-order valence-electron chi connectivity index (χ4n) is 3.60. The van der Waals surface area contributed by atoms with Gasteiger partial charge in [-0.1, -0.05) is 17.7 Å². The Morgan fingerprint density at radius 2 is 1.43 bits per heavy atom. The van der Waals surface area contributed by atoms with Crippen LogP contribution < -0.4 is 10.3 Å². The molecule has 0 spiro atoms. The van der Waals surface area contributed by atoms with E-state index in [9.17, 15) is 44.7 Å². The molecule has 0 saturated heterocycles. The topological polar surface area (TPSA) is 99.3 Å². The van der Waals surface area contributed by atoms with Gasteiger partial charge in [0.15, 0.2) is 0 Å². The van der Waals surface area contributed by atoms with E-state index in [0.717, 1.165) is 12.1 Å². The van der Waals surface area contributed by atoms with E-state index in [1.54, 1.807) is 0 Å².